The lowest BCUT2D eigenvalue weighted by molar-refractivity contribution is 0.328. The van der Waals surface area contributed by atoms with Crippen LogP contribution in [0.1, 0.15) is 42.9 Å². The number of rotatable bonds is 4. The van der Waals surface area contributed by atoms with Gasteiger partial charge in [-0.3, -0.25) is 0 Å². The monoisotopic (exact) mass is 363 g/mol. The fraction of sp³-hybridized carbons (Fsp3) is 0.368. The molecule has 0 aliphatic carbocycles. The van der Waals surface area contributed by atoms with E-state index >= 15 is 0 Å². The standard InChI is InChI=1S/C19H22ClNO2S/c20-18-12-10-17(11-13-18)19-9-5-2-6-14-21(19)24(22,23)15-16-7-3-1-4-8-16/h1,3-4,7-8,10-13,19H,2,5-6,9,14-15H2. The molecule has 24 heavy (non-hydrogen) atoms. The van der Waals surface area contributed by atoms with E-state index in [0.717, 1.165) is 36.8 Å². The summed E-state index contributed by atoms with van der Waals surface area (Å²) in [6, 6.07) is 16.9. The van der Waals surface area contributed by atoms with Crippen LogP contribution in [0.25, 0.3) is 0 Å². The van der Waals surface area contributed by atoms with Crippen molar-refractivity contribution in [1.82, 2.24) is 4.31 Å². The van der Waals surface area contributed by atoms with Crippen molar-refractivity contribution in [3.63, 3.8) is 0 Å². The molecule has 128 valence electrons. The number of benzene rings is 2. The highest BCUT2D eigenvalue weighted by Crippen LogP contribution is 2.33. The second-order valence-corrected chi connectivity index (χ2v) is 8.63. The maximum Gasteiger partial charge on any atom is 0.218 e. The summed E-state index contributed by atoms with van der Waals surface area (Å²) in [5, 5.41) is 0.672. The van der Waals surface area contributed by atoms with Crippen LogP contribution in [0, 0.1) is 0 Å². The summed E-state index contributed by atoms with van der Waals surface area (Å²) in [7, 11) is -3.37. The first-order chi connectivity index (χ1) is 11.6. The highest BCUT2D eigenvalue weighted by Gasteiger charge is 2.32. The van der Waals surface area contributed by atoms with Crippen molar-refractivity contribution >= 4 is 21.6 Å². The molecule has 0 saturated carbocycles. The van der Waals surface area contributed by atoms with Crippen LogP contribution in [-0.4, -0.2) is 19.3 Å². The van der Waals surface area contributed by atoms with E-state index in [0.29, 0.717) is 11.6 Å². The predicted octanol–water partition coefficient (Wildman–Crippen LogP) is 4.79. The smallest absolute Gasteiger partial charge is 0.212 e. The number of nitrogens with zero attached hydrogens (tertiary/aromatic N) is 1. The van der Waals surface area contributed by atoms with Crippen molar-refractivity contribution < 1.29 is 8.42 Å². The summed E-state index contributed by atoms with van der Waals surface area (Å²) >= 11 is 5.98. The third-order valence-electron chi connectivity index (χ3n) is 4.51. The van der Waals surface area contributed by atoms with Crippen LogP contribution in [0.3, 0.4) is 0 Å². The van der Waals surface area contributed by atoms with Gasteiger partial charge in [0.05, 0.1) is 5.75 Å². The first kappa shape index (κ1) is 17.5. The van der Waals surface area contributed by atoms with Gasteiger partial charge in [-0.15, -0.1) is 0 Å². The zero-order valence-electron chi connectivity index (χ0n) is 13.6. The van der Waals surface area contributed by atoms with Gasteiger partial charge in [0.1, 0.15) is 0 Å². The van der Waals surface area contributed by atoms with Gasteiger partial charge in [-0.2, -0.15) is 4.31 Å². The number of sulfonamides is 1. The van der Waals surface area contributed by atoms with Crippen molar-refractivity contribution in [3.8, 4) is 0 Å². The second kappa shape index (κ2) is 7.68. The number of hydrogen-bond acceptors (Lipinski definition) is 2. The summed E-state index contributed by atoms with van der Waals surface area (Å²) < 4.78 is 27.8. The Balaban J connectivity index is 1.90. The van der Waals surface area contributed by atoms with Crippen LogP contribution in [0.2, 0.25) is 5.02 Å². The molecule has 2 aromatic rings. The van der Waals surface area contributed by atoms with E-state index in [-0.39, 0.29) is 11.8 Å². The molecule has 5 heteroatoms. The summed E-state index contributed by atoms with van der Waals surface area (Å²) in [5.41, 5.74) is 1.86. The maximum absolute atomic E-state index is 13.1. The van der Waals surface area contributed by atoms with Crippen molar-refractivity contribution in [2.75, 3.05) is 6.54 Å². The highest BCUT2D eigenvalue weighted by atomic mass is 35.5. The molecule has 0 amide bonds. The van der Waals surface area contributed by atoms with E-state index in [2.05, 4.69) is 0 Å². The zero-order valence-corrected chi connectivity index (χ0v) is 15.1. The SMILES string of the molecule is O=S(=O)(Cc1ccccc1)N1CCCCCC1c1ccc(Cl)cc1. The second-order valence-electron chi connectivity index (χ2n) is 6.27. The fourth-order valence-corrected chi connectivity index (χ4v) is 5.23. The minimum atomic E-state index is -3.37. The minimum absolute atomic E-state index is 0.0535. The average molecular weight is 364 g/mol. The van der Waals surface area contributed by atoms with Crippen LogP contribution in [-0.2, 0) is 15.8 Å². The van der Waals surface area contributed by atoms with Gasteiger partial charge in [0.2, 0.25) is 10.0 Å². The largest absolute Gasteiger partial charge is 0.218 e. The molecule has 3 rings (SSSR count). The minimum Gasteiger partial charge on any atom is -0.212 e. The van der Waals surface area contributed by atoms with Crippen molar-refractivity contribution in [1.29, 1.82) is 0 Å². The zero-order chi connectivity index (χ0) is 17.0. The molecule has 0 aromatic heterocycles. The number of hydrogen-bond donors (Lipinski definition) is 0. The van der Waals surface area contributed by atoms with E-state index < -0.39 is 10.0 Å². The lowest BCUT2D eigenvalue weighted by Gasteiger charge is -2.29. The van der Waals surface area contributed by atoms with E-state index in [1.54, 1.807) is 4.31 Å². The van der Waals surface area contributed by atoms with Crippen molar-refractivity contribution in [2.24, 2.45) is 0 Å². The molecule has 0 bridgehead atoms. The molecular weight excluding hydrogens is 342 g/mol. The van der Waals surface area contributed by atoms with Gasteiger partial charge in [0, 0.05) is 17.6 Å². The Morgan fingerprint density at radius 3 is 2.38 bits per heavy atom. The Bertz CT molecular complexity index is 760. The van der Waals surface area contributed by atoms with E-state index in [9.17, 15) is 8.42 Å². The van der Waals surface area contributed by atoms with Crippen LogP contribution in [0.5, 0.6) is 0 Å². The van der Waals surface area contributed by atoms with E-state index in [4.69, 9.17) is 11.6 Å². The highest BCUT2D eigenvalue weighted by molar-refractivity contribution is 7.88. The van der Waals surface area contributed by atoms with Gasteiger partial charge >= 0.3 is 0 Å². The van der Waals surface area contributed by atoms with Crippen LogP contribution >= 0.6 is 11.6 Å². The molecule has 0 spiro atoms. The Morgan fingerprint density at radius 2 is 1.67 bits per heavy atom. The van der Waals surface area contributed by atoms with Gasteiger partial charge in [0.25, 0.3) is 0 Å². The maximum atomic E-state index is 13.1. The fourth-order valence-electron chi connectivity index (χ4n) is 3.30. The molecule has 1 fully saturated rings. The predicted molar refractivity (Wildman–Crippen MR) is 98.4 cm³/mol. The lowest BCUT2D eigenvalue weighted by atomic mass is 10.0. The molecule has 1 atom stereocenters. The van der Waals surface area contributed by atoms with Gasteiger partial charge in [-0.1, -0.05) is 66.9 Å². The van der Waals surface area contributed by atoms with E-state index in [1.807, 2.05) is 54.6 Å². The van der Waals surface area contributed by atoms with Crippen LogP contribution in [0.15, 0.2) is 54.6 Å². The first-order valence-corrected chi connectivity index (χ1v) is 10.3. The molecule has 1 saturated heterocycles. The Kier molecular flexibility index (Phi) is 5.59. The average Bonchev–Trinajstić information content (AvgIpc) is 2.83. The van der Waals surface area contributed by atoms with Crippen molar-refractivity contribution in [3.05, 3.63) is 70.7 Å². The molecular formula is C19H22ClNO2S. The van der Waals surface area contributed by atoms with Gasteiger partial charge in [0.15, 0.2) is 0 Å². The van der Waals surface area contributed by atoms with Gasteiger partial charge in [-0.05, 0) is 36.1 Å². The van der Waals surface area contributed by atoms with Crippen LogP contribution < -0.4 is 0 Å². The molecule has 1 aliphatic rings. The normalized spacial score (nSPS) is 19.8. The Hall–Kier alpha value is -1.36. The Labute approximate surface area is 149 Å². The summed E-state index contributed by atoms with van der Waals surface area (Å²) in [4.78, 5) is 0. The first-order valence-electron chi connectivity index (χ1n) is 8.35. The molecule has 1 heterocycles. The molecule has 1 unspecified atom stereocenters. The molecule has 2 aromatic carbocycles. The summed E-state index contributed by atoms with van der Waals surface area (Å²) in [6.07, 6.45) is 3.89. The summed E-state index contributed by atoms with van der Waals surface area (Å²) in [6.45, 7) is 0.586. The molecule has 3 nitrogen and oxygen atoms in total. The van der Waals surface area contributed by atoms with Crippen molar-refractivity contribution in [2.45, 2.75) is 37.5 Å². The lowest BCUT2D eigenvalue weighted by Crippen LogP contribution is -2.35. The third kappa shape index (κ3) is 4.18. The Morgan fingerprint density at radius 1 is 0.958 bits per heavy atom. The van der Waals surface area contributed by atoms with Gasteiger partial charge < -0.3 is 0 Å². The number of halogens is 1. The summed E-state index contributed by atoms with van der Waals surface area (Å²) in [5.74, 6) is 0.0535. The third-order valence-corrected chi connectivity index (χ3v) is 6.61. The molecule has 1 aliphatic heterocycles. The van der Waals surface area contributed by atoms with E-state index in [1.165, 1.54) is 0 Å². The quantitative estimate of drug-likeness (QED) is 0.783. The van der Waals surface area contributed by atoms with Gasteiger partial charge in [-0.25, -0.2) is 8.42 Å². The van der Waals surface area contributed by atoms with Crippen LogP contribution in [0.4, 0.5) is 0 Å². The topological polar surface area (TPSA) is 37.4 Å². The molecule has 0 radical (unpaired) electrons. The molecule has 0 N–H and O–H groups in total.